The molecule has 4 heterocycles. The van der Waals surface area contributed by atoms with Crippen molar-refractivity contribution in [2.75, 3.05) is 36.5 Å². The minimum atomic E-state index is -4.25. The van der Waals surface area contributed by atoms with E-state index >= 15 is 0 Å². The Hall–Kier alpha value is -2.63. The summed E-state index contributed by atoms with van der Waals surface area (Å²) in [6.45, 7) is 4.19. The number of piperidine rings is 1. The first-order valence-corrected chi connectivity index (χ1v) is 11.5. The number of halogens is 3. The lowest BCUT2D eigenvalue weighted by Crippen LogP contribution is -2.44. The average molecular weight is 468 g/mol. The Bertz CT molecular complexity index is 1070. The van der Waals surface area contributed by atoms with Gasteiger partial charge in [-0.25, -0.2) is 9.50 Å². The van der Waals surface area contributed by atoms with E-state index < -0.39 is 19.2 Å². The molecule has 32 heavy (non-hydrogen) atoms. The molecule has 8 nitrogen and oxygen atoms in total. The van der Waals surface area contributed by atoms with Crippen LogP contribution in [0, 0.1) is 24.7 Å². The summed E-state index contributed by atoms with van der Waals surface area (Å²) in [6.07, 6.45) is -1.17. The number of aromatic nitrogens is 5. The average Bonchev–Trinajstić information content (AvgIpc) is 3.41. The molecule has 0 aromatic carbocycles. The first-order chi connectivity index (χ1) is 15.4. The molecule has 3 atom stereocenters. The van der Waals surface area contributed by atoms with Gasteiger partial charge >= 0.3 is 6.18 Å². The van der Waals surface area contributed by atoms with Gasteiger partial charge in [0, 0.05) is 37.4 Å². The monoisotopic (exact) mass is 467 g/mol. The van der Waals surface area contributed by atoms with E-state index in [9.17, 15) is 13.2 Å². The molecule has 172 valence electrons. The highest BCUT2D eigenvalue weighted by Crippen LogP contribution is 2.43. The van der Waals surface area contributed by atoms with Gasteiger partial charge in [-0.15, -0.1) is 5.10 Å². The number of nitrogens with zero attached hydrogens (tertiary/aromatic N) is 6. The van der Waals surface area contributed by atoms with Crippen LogP contribution in [0.15, 0.2) is 18.3 Å². The fraction of sp³-hybridized carbons (Fsp3) is 0.600. The minimum Gasteiger partial charge on any atom is -0.489 e. The van der Waals surface area contributed by atoms with E-state index in [1.165, 1.54) is 28.9 Å². The van der Waals surface area contributed by atoms with E-state index in [2.05, 4.69) is 29.7 Å². The molecule has 1 saturated heterocycles. The van der Waals surface area contributed by atoms with Crippen molar-refractivity contribution in [1.82, 2.24) is 24.0 Å². The predicted molar refractivity (Wildman–Crippen MR) is 114 cm³/mol. The van der Waals surface area contributed by atoms with Crippen molar-refractivity contribution in [3.05, 3.63) is 24.2 Å². The number of fused-ring (bicyclic) bond motifs is 3. The Morgan fingerprint density at radius 2 is 2.00 bits per heavy atom. The summed E-state index contributed by atoms with van der Waals surface area (Å²) >= 11 is 1.46. The molecule has 2 bridgehead atoms. The molecule has 2 aliphatic rings. The molecule has 2 fully saturated rings. The molecule has 0 spiro atoms. The molecule has 3 aromatic heterocycles. The third-order valence-electron chi connectivity index (χ3n) is 6.28. The van der Waals surface area contributed by atoms with Gasteiger partial charge in [-0.2, -0.15) is 22.5 Å². The zero-order chi connectivity index (χ0) is 22.3. The summed E-state index contributed by atoms with van der Waals surface area (Å²) in [6, 6.07) is 3.29. The number of hydrogen-bond donors (Lipinski definition) is 1. The molecule has 5 rings (SSSR count). The highest BCUT2D eigenvalue weighted by Gasteiger charge is 2.42. The van der Waals surface area contributed by atoms with Crippen molar-refractivity contribution >= 4 is 28.3 Å². The number of hydrogen-bond acceptors (Lipinski definition) is 8. The Kier molecular flexibility index (Phi) is 5.56. The van der Waals surface area contributed by atoms with Crippen molar-refractivity contribution in [2.24, 2.45) is 17.8 Å². The van der Waals surface area contributed by atoms with Gasteiger partial charge in [0.05, 0.1) is 13.0 Å². The van der Waals surface area contributed by atoms with Crippen LogP contribution in [-0.2, 0) is 0 Å². The van der Waals surface area contributed by atoms with Gasteiger partial charge in [-0.1, -0.05) is 0 Å². The third-order valence-corrected chi connectivity index (χ3v) is 7.15. The molecular formula is C20H24F3N7OS. The Morgan fingerprint density at radius 3 is 2.69 bits per heavy atom. The van der Waals surface area contributed by atoms with Crippen molar-refractivity contribution < 1.29 is 17.9 Å². The maximum atomic E-state index is 12.4. The van der Waals surface area contributed by atoms with E-state index in [1.807, 2.05) is 6.92 Å². The molecule has 1 N–H and O–H groups in total. The van der Waals surface area contributed by atoms with Crippen LogP contribution in [0.2, 0.25) is 0 Å². The van der Waals surface area contributed by atoms with Gasteiger partial charge in [0.25, 0.3) is 0 Å². The van der Waals surface area contributed by atoms with Crippen LogP contribution < -0.4 is 15.0 Å². The van der Waals surface area contributed by atoms with Crippen LogP contribution in [0.5, 0.6) is 5.75 Å². The SMILES string of the molecule is Cc1nsc(N2CC3CC[C@@H](C2)C3CNc2nc3c(OCCC(F)(F)F)cccn3n2)n1. The van der Waals surface area contributed by atoms with Gasteiger partial charge in [0.15, 0.2) is 11.4 Å². The number of alkyl halides is 3. The summed E-state index contributed by atoms with van der Waals surface area (Å²) in [5.74, 6) is 3.24. The molecule has 3 aromatic rings. The fourth-order valence-electron chi connectivity index (χ4n) is 4.79. The summed E-state index contributed by atoms with van der Waals surface area (Å²) in [4.78, 5) is 11.4. The number of pyridine rings is 1. The molecule has 1 aliphatic carbocycles. The Labute approximate surface area is 187 Å². The summed E-state index contributed by atoms with van der Waals surface area (Å²) in [5, 5.41) is 8.77. The highest BCUT2D eigenvalue weighted by atomic mass is 32.1. The molecule has 0 radical (unpaired) electrons. The van der Waals surface area contributed by atoms with Crippen molar-refractivity contribution in [1.29, 1.82) is 0 Å². The normalized spacial score (nSPS) is 23.1. The van der Waals surface area contributed by atoms with Crippen LogP contribution in [0.25, 0.3) is 5.65 Å². The van der Waals surface area contributed by atoms with Gasteiger partial charge in [0.2, 0.25) is 11.1 Å². The lowest BCUT2D eigenvalue weighted by atomic mass is 9.85. The second kappa shape index (κ2) is 8.38. The molecule has 1 saturated carbocycles. The van der Waals surface area contributed by atoms with Crippen LogP contribution in [0.3, 0.4) is 0 Å². The lowest BCUT2D eigenvalue weighted by molar-refractivity contribution is -0.139. The molecular weight excluding hydrogens is 443 g/mol. The van der Waals surface area contributed by atoms with Crippen LogP contribution in [0.1, 0.15) is 25.1 Å². The fourth-order valence-corrected chi connectivity index (χ4v) is 5.49. The van der Waals surface area contributed by atoms with Crippen LogP contribution in [0.4, 0.5) is 24.3 Å². The second-order valence-electron chi connectivity index (χ2n) is 8.46. The zero-order valence-corrected chi connectivity index (χ0v) is 18.4. The third kappa shape index (κ3) is 4.45. The maximum absolute atomic E-state index is 12.4. The van der Waals surface area contributed by atoms with Crippen molar-refractivity contribution in [2.45, 2.75) is 32.4 Å². The van der Waals surface area contributed by atoms with E-state index in [0.717, 1.165) is 30.6 Å². The van der Waals surface area contributed by atoms with Gasteiger partial charge in [0.1, 0.15) is 5.82 Å². The maximum Gasteiger partial charge on any atom is 0.392 e. The standard InChI is InChI=1S/C20H24F3N7OS/c1-12-25-19(32-28-12)29-10-13-4-5-14(11-29)15(13)9-24-18-26-17-16(3-2-7-30(17)27-18)31-8-6-20(21,22)23/h2-3,7,13-15H,4-6,8-11H2,1H3,(H,24,27)/t13-,14?,15?/m0/s1. The smallest absolute Gasteiger partial charge is 0.392 e. The van der Waals surface area contributed by atoms with Crippen LogP contribution >= 0.6 is 11.5 Å². The van der Waals surface area contributed by atoms with Crippen molar-refractivity contribution in [3.63, 3.8) is 0 Å². The predicted octanol–water partition coefficient (Wildman–Crippen LogP) is 3.79. The summed E-state index contributed by atoms with van der Waals surface area (Å²) in [5.41, 5.74) is 0.404. The van der Waals surface area contributed by atoms with E-state index in [-0.39, 0.29) is 5.75 Å². The first-order valence-electron chi connectivity index (χ1n) is 10.7. The summed E-state index contributed by atoms with van der Waals surface area (Å²) < 4.78 is 48.4. The Balaban J connectivity index is 1.22. The lowest BCUT2D eigenvalue weighted by Gasteiger charge is -2.37. The topological polar surface area (TPSA) is 80.5 Å². The number of ether oxygens (including phenoxy) is 1. The number of aryl methyl sites for hydroxylation is 1. The van der Waals surface area contributed by atoms with Gasteiger partial charge in [-0.05, 0) is 49.7 Å². The minimum absolute atomic E-state index is 0.290. The zero-order valence-electron chi connectivity index (χ0n) is 17.5. The molecule has 12 heteroatoms. The van der Waals surface area contributed by atoms with E-state index in [1.54, 1.807) is 18.3 Å². The second-order valence-corrected chi connectivity index (χ2v) is 9.19. The van der Waals surface area contributed by atoms with E-state index in [0.29, 0.717) is 29.3 Å². The Morgan fingerprint density at radius 1 is 1.22 bits per heavy atom. The largest absolute Gasteiger partial charge is 0.489 e. The summed E-state index contributed by atoms with van der Waals surface area (Å²) in [7, 11) is 0. The van der Waals surface area contributed by atoms with Crippen molar-refractivity contribution in [3.8, 4) is 5.75 Å². The van der Waals surface area contributed by atoms with Gasteiger partial charge in [-0.3, -0.25) is 0 Å². The quantitative estimate of drug-likeness (QED) is 0.566. The van der Waals surface area contributed by atoms with E-state index in [4.69, 9.17) is 4.74 Å². The number of nitrogens with one attached hydrogen (secondary N) is 1. The molecule has 1 aliphatic heterocycles. The first kappa shape index (κ1) is 21.2. The molecule has 2 unspecified atom stereocenters. The van der Waals surface area contributed by atoms with Crippen LogP contribution in [-0.4, -0.2) is 56.4 Å². The number of anilines is 2. The highest BCUT2D eigenvalue weighted by molar-refractivity contribution is 7.09. The number of rotatable bonds is 7. The molecule has 0 amide bonds. The van der Waals surface area contributed by atoms with Gasteiger partial charge < -0.3 is 15.0 Å².